The van der Waals surface area contributed by atoms with Gasteiger partial charge in [0, 0.05) is 7.05 Å². The van der Waals surface area contributed by atoms with E-state index >= 15 is 0 Å². The SMILES string of the molecule is C[C@@H](O)c1cccc(F)c1Sc1nncn1C. The molecule has 1 N–H and O–H groups in total. The third kappa shape index (κ3) is 2.48. The molecule has 4 nitrogen and oxygen atoms in total. The fourth-order valence-corrected chi connectivity index (χ4v) is 2.40. The first-order valence-corrected chi connectivity index (χ1v) is 5.89. The molecule has 0 saturated carbocycles. The molecule has 0 fully saturated rings. The minimum absolute atomic E-state index is 0.364. The lowest BCUT2D eigenvalue weighted by Crippen LogP contribution is -1.98. The van der Waals surface area contributed by atoms with Gasteiger partial charge >= 0.3 is 0 Å². The molecule has 0 bridgehead atoms. The van der Waals surface area contributed by atoms with E-state index in [2.05, 4.69) is 10.2 Å². The first kappa shape index (κ1) is 12.1. The second-order valence-electron chi connectivity index (χ2n) is 3.66. The summed E-state index contributed by atoms with van der Waals surface area (Å²) in [6.07, 6.45) is 0.826. The van der Waals surface area contributed by atoms with Crippen LogP contribution in [0.4, 0.5) is 4.39 Å². The summed E-state index contributed by atoms with van der Waals surface area (Å²) in [5, 5.41) is 17.8. The molecule has 1 atom stereocenters. The Hall–Kier alpha value is -1.40. The highest BCUT2D eigenvalue weighted by Crippen LogP contribution is 2.33. The average molecular weight is 253 g/mol. The number of benzene rings is 1. The number of hydrogen-bond donors (Lipinski definition) is 1. The lowest BCUT2D eigenvalue weighted by atomic mass is 10.1. The Morgan fingerprint density at radius 3 is 2.82 bits per heavy atom. The lowest BCUT2D eigenvalue weighted by molar-refractivity contribution is 0.195. The van der Waals surface area contributed by atoms with Gasteiger partial charge in [0.1, 0.15) is 12.1 Å². The highest BCUT2D eigenvalue weighted by Gasteiger charge is 2.15. The molecular formula is C11H12FN3OS. The van der Waals surface area contributed by atoms with Crippen LogP contribution in [0.2, 0.25) is 0 Å². The lowest BCUT2D eigenvalue weighted by Gasteiger charge is -2.11. The highest BCUT2D eigenvalue weighted by molar-refractivity contribution is 7.99. The van der Waals surface area contributed by atoms with Crippen molar-refractivity contribution in [2.24, 2.45) is 7.05 Å². The van der Waals surface area contributed by atoms with Gasteiger partial charge in [-0.1, -0.05) is 12.1 Å². The van der Waals surface area contributed by atoms with Crippen molar-refractivity contribution in [1.29, 1.82) is 0 Å². The maximum atomic E-state index is 13.7. The quantitative estimate of drug-likeness (QED) is 0.910. The van der Waals surface area contributed by atoms with Crippen LogP contribution >= 0.6 is 11.8 Å². The molecule has 0 amide bonds. The molecule has 1 aromatic carbocycles. The number of aliphatic hydroxyl groups excluding tert-OH is 1. The molecule has 17 heavy (non-hydrogen) atoms. The molecule has 0 aliphatic carbocycles. The van der Waals surface area contributed by atoms with E-state index in [9.17, 15) is 9.50 Å². The molecule has 0 unspecified atom stereocenters. The van der Waals surface area contributed by atoms with E-state index in [0.29, 0.717) is 15.6 Å². The number of rotatable bonds is 3. The average Bonchev–Trinajstić information content (AvgIpc) is 2.67. The van der Waals surface area contributed by atoms with Crippen LogP contribution in [0.5, 0.6) is 0 Å². The van der Waals surface area contributed by atoms with E-state index in [4.69, 9.17) is 0 Å². The zero-order valence-corrected chi connectivity index (χ0v) is 10.3. The van der Waals surface area contributed by atoms with Crippen LogP contribution in [0.3, 0.4) is 0 Å². The molecular weight excluding hydrogens is 241 g/mol. The van der Waals surface area contributed by atoms with E-state index in [-0.39, 0.29) is 5.82 Å². The monoisotopic (exact) mass is 253 g/mol. The summed E-state index contributed by atoms with van der Waals surface area (Å²) in [5.41, 5.74) is 0.554. The third-order valence-electron chi connectivity index (χ3n) is 2.31. The third-order valence-corrected chi connectivity index (χ3v) is 3.50. The van der Waals surface area contributed by atoms with Gasteiger partial charge in [0.2, 0.25) is 0 Å². The smallest absolute Gasteiger partial charge is 0.195 e. The maximum absolute atomic E-state index is 13.7. The fourth-order valence-electron chi connectivity index (χ4n) is 1.42. The molecule has 0 spiro atoms. The van der Waals surface area contributed by atoms with Crippen LogP contribution in [0, 0.1) is 5.82 Å². The molecule has 1 aromatic heterocycles. The molecule has 2 aromatic rings. The maximum Gasteiger partial charge on any atom is 0.195 e. The highest BCUT2D eigenvalue weighted by atomic mass is 32.2. The largest absolute Gasteiger partial charge is 0.389 e. The van der Waals surface area contributed by atoms with E-state index < -0.39 is 6.10 Å². The van der Waals surface area contributed by atoms with Crippen LogP contribution in [0.15, 0.2) is 34.6 Å². The van der Waals surface area contributed by atoms with Gasteiger partial charge in [-0.2, -0.15) is 0 Å². The number of aromatic nitrogens is 3. The number of aliphatic hydroxyl groups is 1. The van der Waals surface area contributed by atoms with Crippen LogP contribution in [0.25, 0.3) is 0 Å². The predicted octanol–water partition coefficient (Wildman–Crippen LogP) is 2.16. The summed E-state index contributed by atoms with van der Waals surface area (Å²) in [4.78, 5) is 0.388. The van der Waals surface area contributed by atoms with Crippen LogP contribution in [0.1, 0.15) is 18.6 Å². The standard InChI is InChI=1S/C11H12FN3OS/c1-7(16)8-4-3-5-9(12)10(8)17-11-14-13-6-15(11)2/h3-7,16H,1-2H3/t7-/m1/s1. The van der Waals surface area contributed by atoms with Crippen molar-refractivity contribution < 1.29 is 9.50 Å². The van der Waals surface area contributed by atoms with Crippen LogP contribution in [-0.4, -0.2) is 19.9 Å². The van der Waals surface area contributed by atoms with Gasteiger partial charge in [-0.3, -0.25) is 0 Å². The topological polar surface area (TPSA) is 50.9 Å². The molecule has 0 saturated heterocycles. The summed E-state index contributed by atoms with van der Waals surface area (Å²) in [6, 6.07) is 4.65. The Kier molecular flexibility index (Phi) is 3.44. The predicted molar refractivity (Wildman–Crippen MR) is 62.2 cm³/mol. The van der Waals surface area contributed by atoms with Crippen LogP contribution < -0.4 is 0 Å². The summed E-state index contributed by atoms with van der Waals surface area (Å²) in [7, 11) is 1.78. The minimum Gasteiger partial charge on any atom is -0.389 e. The Morgan fingerprint density at radius 1 is 1.47 bits per heavy atom. The summed E-state index contributed by atoms with van der Waals surface area (Å²) in [5.74, 6) is -0.364. The molecule has 6 heteroatoms. The molecule has 1 heterocycles. The molecule has 0 aliphatic rings. The van der Waals surface area contributed by atoms with Crippen LogP contribution in [-0.2, 0) is 7.05 Å². The van der Waals surface area contributed by atoms with Crippen molar-refractivity contribution >= 4 is 11.8 Å². The Balaban J connectivity index is 2.41. The fraction of sp³-hybridized carbons (Fsp3) is 0.273. The number of nitrogens with zero attached hydrogens (tertiary/aromatic N) is 3. The Morgan fingerprint density at radius 2 is 2.24 bits per heavy atom. The van der Waals surface area contributed by atoms with Gasteiger partial charge in [-0.05, 0) is 30.3 Å². The first-order valence-electron chi connectivity index (χ1n) is 5.08. The summed E-state index contributed by atoms with van der Waals surface area (Å²) < 4.78 is 15.4. The summed E-state index contributed by atoms with van der Waals surface area (Å²) >= 11 is 1.16. The summed E-state index contributed by atoms with van der Waals surface area (Å²) in [6.45, 7) is 1.61. The number of halogens is 1. The second kappa shape index (κ2) is 4.85. The van der Waals surface area contributed by atoms with Crippen molar-refractivity contribution in [2.45, 2.75) is 23.1 Å². The van der Waals surface area contributed by atoms with Crippen molar-refractivity contribution in [3.63, 3.8) is 0 Å². The van der Waals surface area contributed by atoms with Crippen molar-refractivity contribution in [3.8, 4) is 0 Å². The van der Waals surface area contributed by atoms with Gasteiger partial charge in [0.15, 0.2) is 5.16 Å². The molecule has 2 rings (SSSR count). The Labute approximate surface area is 102 Å². The van der Waals surface area contributed by atoms with Gasteiger partial charge < -0.3 is 9.67 Å². The molecule has 90 valence electrons. The zero-order chi connectivity index (χ0) is 12.4. The minimum atomic E-state index is -0.721. The van der Waals surface area contributed by atoms with Crippen molar-refractivity contribution in [2.75, 3.05) is 0 Å². The van der Waals surface area contributed by atoms with E-state index in [1.165, 1.54) is 6.07 Å². The number of aryl methyl sites for hydroxylation is 1. The molecule has 0 radical (unpaired) electrons. The van der Waals surface area contributed by atoms with Gasteiger partial charge in [0.05, 0.1) is 11.0 Å². The van der Waals surface area contributed by atoms with Gasteiger partial charge in [-0.25, -0.2) is 4.39 Å². The van der Waals surface area contributed by atoms with Gasteiger partial charge in [-0.15, -0.1) is 10.2 Å². The zero-order valence-electron chi connectivity index (χ0n) is 9.46. The van der Waals surface area contributed by atoms with E-state index in [1.807, 2.05) is 0 Å². The normalized spacial score (nSPS) is 12.7. The van der Waals surface area contributed by atoms with E-state index in [0.717, 1.165) is 11.8 Å². The first-order chi connectivity index (χ1) is 8.09. The second-order valence-corrected chi connectivity index (χ2v) is 4.64. The van der Waals surface area contributed by atoms with Crippen molar-refractivity contribution in [3.05, 3.63) is 35.9 Å². The Bertz CT molecular complexity index is 527. The van der Waals surface area contributed by atoms with Gasteiger partial charge in [0.25, 0.3) is 0 Å². The molecule has 0 aliphatic heterocycles. The number of hydrogen-bond acceptors (Lipinski definition) is 4. The van der Waals surface area contributed by atoms with E-state index in [1.54, 1.807) is 37.0 Å². The van der Waals surface area contributed by atoms with Crippen molar-refractivity contribution in [1.82, 2.24) is 14.8 Å².